The minimum atomic E-state index is 0.174. The molecule has 1 unspecified atom stereocenters. The molecule has 0 radical (unpaired) electrons. The van der Waals surface area contributed by atoms with Crippen LogP contribution >= 0.6 is 0 Å². The fourth-order valence-electron chi connectivity index (χ4n) is 2.45. The molecule has 0 fully saturated rings. The largest absolute Gasteiger partial charge is 0.326 e. The number of hydrogen-bond donors (Lipinski definition) is 1. The van der Waals surface area contributed by atoms with Crippen LogP contribution in [0.15, 0.2) is 54.6 Å². The van der Waals surface area contributed by atoms with Crippen LogP contribution in [0.2, 0.25) is 0 Å². The van der Waals surface area contributed by atoms with Crippen molar-refractivity contribution < 1.29 is 0 Å². The van der Waals surface area contributed by atoms with Crippen molar-refractivity contribution in [2.75, 3.05) is 13.6 Å². The minimum Gasteiger partial charge on any atom is -0.326 e. The predicted octanol–water partition coefficient (Wildman–Crippen LogP) is 3.00. The van der Waals surface area contributed by atoms with Crippen molar-refractivity contribution in [3.63, 3.8) is 0 Å². The van der Waals surface area contributed by atoms with Gasteiger partial charge in [-0.2, -0.15) is 0 Å². The lowest BCUT2D eigenvalue weighted by Gasteiger charge is -2.21. The van der Waals surface area contributed by atoms with E-state index in [0.717, 1.165) is 19.5 Å². The number of likely N-dealkylation sites (N-methyl/N-ethyl adjacent to an activating group) is 1. The second kappa shape index (κ2) is 7.22. The van der Waals surface area contributed by atoms with Gasteiger partial charge in [-0.25, -0.2) is 0 Å². The van der Waals surface area contributed by atoms with Gasteiger partial charge in [0.2, 0.25) is 0 Å². The van der Waals surface area contributed by atoms with Gasteiger partial charge in [-0.05, 0) is 31.5 Å². The maximum Gasteiger partial charge on any atom is 0.0231 e. The number of rotatable bonds is 6. The van der Waals surface area contributed by atoms with Gasteiger partial charge in [-0.15, -0.1) is 0 Å². The minimum absolute atomic E-state index is 0.174. The Bertz CT molecular complexity index is 505. The van der Waals surface area contributed by atoms with E-state index in [-0.39, 0.29) is 6.04 Å². The van der Waals surface area contributed by atoms with Crippen LogP contribution in [0.5, 0.6) is 0 Å². The van der Waals surface area contributed by atoms with Gasteiger partial charge in [0.25, 0.3) is 0 Å². The zero-order valence-electron chi connectivity index (χ0n) is 12.4. The molecular weight excluding hydrogens is 244 g/mol. The maximum absolute atomic E-state index is 6.24. The third-order valence-electron chi connectivity index (χ3n) is 3.46. The summed E-state index contributed by atoms with van der Waals surface area (Å²) in [5.74, 6) is 0. The summed E-state index contributed by atoms with van der Waals surface area (Å²) in [6, 6.07) is 19.3. The summed E-state index contributed by atoms with van der Waals surface area (Å²) in [6.07, 6.45) is 0.930. The first-order valence-corrected chi connectivity index (χ1v) is 7.17. The average Bonchev–Trinajstić information content (AvgIpc) is 2.42. The lowest BCUT2D eigenvalue weighted by atomic mass is 10.1. The van der Waals surface area contributed by atoms with E-state index in [0.29, 0.717) is 0 Å². The molecule has 0 heterocycles. The van der Waals surface area contributed by atoms with E-state index in [9.17, 15) is 0 Å². The molecule has 20 heavy (non-hydrogen) atoms. The molecule has 0 saturated carbocycles. The van der Waals surface area contributed by atoms with E-state index in [1.165, 1.54) is 16.7 Å². The van der Waals surface area contributed by atoms with Crippen LogP contribution in [0.3, 0.4) is 0 Å². The first-order chi connectivity index (χ1) is 9.63. The molecule has 0 aromatic heterocycles. The highest BCUT2D eigenvalue weighted by Crippen LogP contribution is 2.07. The molecule has 0 amide bonds. The fraction of sp³-hybridized carbons (Fsp3) is 0.333. The number of benzene rings is 2. The highest BCUT2D eigenvalue weighted by atomic mass is 15.1. The van der Waals surface area contributed by atoms with Crippen LogP contribution < -0.4 is 5.73 Å². The Morgan fingerprint density at radius 2 is 1.60 bits per heavy atom. The molecule has 2 rings (SSSR count). The quantitative estimate of drug-likeness (QED) is 0.872. The molecule has 2 aromatic rings. The molecule has 0 aliphatic rings. The van der Waals surface area contributed by atoms with Crippen molar-refractivity contribution in [3.8, 4) is 0 Å². The molecule has 0 bridgehead atoms. The maximum atomic E-state index is 6.24. The van der Waals surface area contributed by atoms with E-state index in [4.69, 9.17) is 5.73 Å². The second-order valence-corrected chi connectivity index (χ2v) is 5.63. The number of nitrogens with two attached hydrogens (primary N) is 1. The smallest absolute Gasteiger partial charge is 0.0231 e. The molecule has 0 saturated heterocycles. The van der Waals surface area contributed by atoms with Gasteiger partial charge in [0.1, 0.15) is 0 Å². The third kappa shape index (κ3) is 4.80. The predicted molar refractivity (Wildman–Crippen MR) is 85.6 cm³/mol. The first kappa shape index (κ1) is 14.8. The Kier molecular flexibility index (Phi) is 5.33. The Balaban J connectivity index is 1.81. The molecule has 106 valence electrons. The Labute approximate surface area is 122 Å². The number of hydrogen-bond acceptors (Lipinski definition) is 2. The highest BCUT2D eigenvalue weighted by molar-refractivity contribution is 5.21. The van der Waals surface area contributed by atoms with Gasteiger partial charge in [-0.3, -0.25) is 0 Å². The zero-order valence-corrected chi connectivity index (χ0v) is 12.4. The normalized spacial score (nSPS) is 12.6. The fourth-order valence-corrected chi connectivity index (χ4v) is 2.45. The monoisotopic (exact) mass is 268 g/mol. The molecule has 0 spiro atoms. The van der Waals surface area contributed by atoms with Crippen LogP contribution in [0.25, 0.3) is 0 Å². The van der Waals surface area contributed by atoms with Crippen LogP contribution in [0.1, 0.15) is 16.7 Å². The van der Waals surface area contributed by atoms with E-state index >= 15 is 0 Å². The van der Waals surface area contributed by atoms with Gasteiger partial charge in [0.05, 0.1) is 0 Å². The van der Waals surface area contributed by atoms with Crippen molar-refractivity contribution in [2.24, 2.45) is 5.73 Å². The lowest BCUT2D eigenvalue weighted by Crippen LogP contribution is -2.36. The van der Waals surface area contributed by atoms with Crippen LogP contribution in [-0.4, -0.2) is 24.5 Å². The molecule has 2 nitrogen and oxygen atoms in total. The Morgan fingerprint density at radius 1 is 0.950 bits per heavy atom. The van der Waals surface area contributed by atoms with Crippen molar-refractivity contribution in [2.45, 2.75) is 25.9 Å². The van der Waals surface area contributed by atoms with Gasteiger partial charge >= 0.3 is 0 Å². The summed E-state index contributed by atoms with van der Waals surface area (Å²) in [7, 11) is 2.13. The molecule has 2 aromatic carbocycles. The third-order valence-corrected chi connectivity index (χ3v) is 3.46. The van der Waals surface area contributed by atoms with E-state index in [2.05, 4.69) is 67.4 Å². The molecule has 0 aliphatic heterocycles. The SMILES string of the molecule is Cc1ccc(CN(C)CC(N)Cc2ccccc2)cc1. The van der Waals surface area contributed by atoms with E-state index in [1.807, 2.05) is 6.07 Å². The topological polar surface area (TPSA) is 29.3 Å². The van der Waals surface area contributed by atoms with Gasteiger partial charge < -0.3 is 10.6 Å². The average molecular weight is 268 g/mol. The summed E-state index contributed by atoms with van der Waals surface area (Å²) in [6.45, 7) is 3.97. The first-order valence-electron chi connectivity index (χ1n) is 7.17. The molecular formula is C18H24N2. The Morgan fingerprint density at radius 3 is 2.25 bits per heavy atom. The Hall–Kier alpha value is -1.64. The van der Waals surface area contributed by atoms with Crippen molar-refractivity contribution in [3.05, 3.63) is 71.3 Å². The van der Waals surface area contributed by atoms with Crippen molar-refractivity contribution in [1.29, 1.82) is 0 Å². The summed E-state index contributed by atoms with van der Waals surface area (Å²) < 4.78 is 0. The zero-order chi connectivity index (χ0) is 14.4. The number of aryl methyl sites for hydroxylation is 1. The molecule has 2 heteroatoms. The van der Waals surface area contributed by atoms with Crippen molar-refractivity contribution in [1.82, 2.24) is 4.90 Å². The molecule has 2 N–H and O–H groups in total. The van der Waals surface area contributed by atoms with Gasteiger partial charge in [0, 0.05) is 19.1 Å². The van der Waals surface area contributed by atoms with Crippen molar-refractivity contribution >= 4 is 0 Å². The van der Waals surface area contributed by atoms with Crippen LogP contribution in [-0.2, 0) is 13.0 Å². The standard InChI is InChI=1S/C18H24N2/c1-15-8-10-17(11-9-15)13-20(2)14-18(19)12-16-6-4-3-5-7-16/h3-11,18H,12-14,19H2,1-2H3. The van der Waals surface area contributed by atoms with Gasteiger partial charge in [-0.1, -0.05) is 60.2 Å². The van der Waals surface area contributed by atoms with E-state index < -0.39 is 0 Å². The summed E-state index contributed by atoms with van der Waals surface area (Å²) in [5.41, 5.74) is 10.2. The van der Waals surface area contributed by atoms with Crippen LogP contribution in [0.4, 0.5) is 0 Å². The highest BCUT2D eigenvalue weighted by Gasteiger charge is 2.08. The van der Waals surface area contributed by atoms with Crippen LogP contribution in [0, 0.1) is 6.92 Å². The van der Waals surface area contributed by atoms with Gasteiger partial charge in [0.15, 0.2) is 0 Å². The van der Waals surface area contributed by atoms with E-state index in [1.54, 1.807) is 0 Å². The summed E-state index contributed by atoms with van der Waals surface area (Å²) in [5, 5.41) is 0. The summed E-state index contributed by atoms with van der Waals surface area (Å²) in [4.78, 5) is 2.29. The summed E-state index contributed by atoms with van der Waals surface area (Å²) >= 11 is 0. The molecule has 1 atom stereocenters. The lowest BCUT2D eigenvalue weighted by molar-refractivity contribution is 0.302. The number of nitrogens with zero attached hydrogens (tertiary/aromatic N) is 1. The molecule has 0 aliphatic carbocycles. The second-order valence-electron chi connectivity index (χ2n) is 5.63.